The summed E-state index contributed by atoms with van der Waals surface area (Å²) in [5.74, 6) is -6.01. The molecule has 0 saturated carbocycles. The van der Waals surface area contributed by atoms with Gasteiger partial charge in [-0.15, -0.1) is 5.10 Å². The molecule has 11 heteroatoms. The molecule has 2 atom stereocenters. The summed E-state index contributed by atoms with van der Waals surface area (Å²) < 4.78 is 41.2. The van der Waals surface area contributed by atoms with E-state index in [1.807, 2.05) is 0 Å². The Kier molecular flexibility index (Phi) is 4.46. The van der Waals surface area contributed by atoms with Crippen molar-refractivity contribution in [3.05, 3.63) is 34.9 Å². The van der Waals surface area contributed by atoms with Crippen molar-refractivity contribution in [3.63, 3.8) is 0 Å². The fourth-order valence-electron chi connectivity index (χ4n) is 3.06. The number of hydrogen-bond acceptors (Lipinski definition) is 4. The summed E-state index contributed by atoms with van der Waals surface area (Å²) in [5, 5.41) is 13.0. The summed E-state index contributed by atoms with van der Waals surface area (Å²) in [4.78, 5) is 36.2. The molecule has 0 radical (unpaired) electrons. The third kappa shape index (κ3) is 3.28. The van der Waals surface area contributed by atoms with Crippen LogP contribution in [-0.4, -0.2) is 55.3 Å². The van der Waals surface area contributed by atoms with Gasteiger partial charge in [0.25, 0.3) is 0 Å². The summed E-state index contributed by atoms with van der Waals surface area (Å²) in [6.07, 6.45) is -3.44. The molecular weight excluding hydrogens is 357 g/mol. The molecule has 1 aliphatic rings. The maximum atomic E-state index is 13.0. The Morgan fingerprint density at radius 3 is 2.58 bits per heavy atom. The molecule has 1 amide bonds. The molecule has 1 saturated heterocycles. The van der Waals surface area contributed by atoms with Gasteiger partial charge in [0.2, 0.25) is 5.91 Å². The quantitative estimate of drug-likeness (QED) is 0.848. The minimum absolute atomic E-state index is 0.107. The predicted octanol–water partition coefficient (Wildman–Crippen LogP) is 0.608. The summed E-state index contributed by atoms with van der Waals surface area (Å²) in [7, 11) is 0. The lowest BCUT2D eigenvalue weighted by Crippen LogP contribution is -2.34. The Bertz CT molecular complexity index is 904. The molecule has 1 fully saturated rings. The van der Waals surface area contributed by atoms with E-state index in [9.17, 15) is 27.6 Å². The first-order valence-corrected chi connectivity index (χ1v) is 7.80. The number of fused-ring (bicyclic) bond motifs is 1. The molecular formula is C15H15F3N4O4. The van der Waals surface area contributed by atoms with Gasteiger partial charge in [-0.1, -0.05) is 6.07 Å². The van der Waals surface area contributed by atoms with Crippen molar-refractivity contribution in [1.29, 1.82) is 0 Å². The molecule has 0 aromatic carbocycles. The number of carbonyl (C=O) groups excluding carboxylic acids is 1. The van der Waals surface area contributed by atoms with Crippen molar-refractivity contribution in [3.8, 4) is 0 Å². The van der Waals surface area contributed by atoms with E-state index in [-0.39, 0.29) is 13.0 Å². The first kappa shape index (κ1) is 18.0. The zero-order valence-electron chi connectivity index (χ0n) is 13.4. The van der Waals surface area contributed by atoms with Crippen LogP contribution in [0.5, 0.6) is 0 Å². The minimum atomic E-state index is -4.70. The number of nitrogens with zero attached hydrogens (tertiary/aromatic N) is 4. The van der Waals surface area contributed by atoms with E-state index in [1.165, 1.54) is 10.6 Å². The number of carbonyl (C=O) groups is 2. The highest BCUT2D eigenvalue weighted by molar-refractivity contribution is 5.79. The van der Waals surface area contributed by atoms with Crippen LogP contribution in [0.15, 0.2) is 29.2 Å². The first-order valence-electron chi connectivity index (χ1n) is 7.80. The second-order valence-corrected chi connectivity index (χ2v) is 6.08. The first-order chi connectivity index (χ1) is 12.2. The molecule has 140 valence electrons. The van der Waals surface area contributed by atoms with Gasteiger partial charge in [0.1, 0.15) is 0 Å². The molecule has 3 heterocycles. The van der Waals surface area contributed by atoms with E-state index in [0.29, 0.717) is 5.65 Å². The number of halogens is 3. The SMILES string of the molecule is O=C(O)[C@@H]1CN(C(=O)CCn2nc3ccccn3c2=O)C[C@H]1C(F)(F)F. The van der Waals surface area contributed by atoms with Crippen LogP contribution in [0.3, 0.4) is 0 Å². The number of likely N-dealkylation sites (tertiary alicyclic amines) is 1. The highest BCUT2D eigenvalue weighted by Crippen LogP contribution is 2.37. The average Bonchev–Trinajstić information content (AvgIpc) is 3.15. The van der Waals surface area contributed by atoms with Gasteiger partial charge < -0.3 is 10.0 Å². The molecule has 3 rings (SSSR count). The molecule has 26 heavy (non-hydrogen) atoms. The second-order valence-electron chi connectivity index (χ2n) is 6.08. The Balaban J connectivity index is 1.69. The van der Waals surface area contributed by atoms with Crippen molar-refractivity contribution in [2.75, 3.05) is 13.1 Å². The Morgan fingerprint density at radius 2 is 2.00 bits per heavy atom. The monoisotopic (exact) mass is 372 g/mol. The number of aryl methyl sites for hydroxylation is 1. The second kappa shape index (κ2) is 6.46. The maximum absolute atomic E-state index is 13.0. The number of rotatable bonds is 4. The summed E-state index contributed by atoms with van der Waals surface area (Å²) in [6.45, 7) is -1.30. The zero-order chi connectivity index (χ0) is 19.1. The molecule has 1 aliphatic heterocycles. The average molecular weight is 372 g/mol. The predicted molar refractivity (Wildman–Crippen MR) is 81.3 cm³/mol. The largest absolute Gasteiger partial charge is 0.481 e. The summed E-state index contributed by atoms with van der Waals surface area (Å²) in [6, 6.07) is 4.93. The Labute approximate surface area is 144 Å². The molecule has 0 unspecified atom stereocenters. The number of alkyl halides is 3. The van der Waals surface area contributed by atoms with Crippen LogP contribution in [0, 0.1) is 11.8 Å². The lowest BCUT2D eigenvalue weighted by atomic mass is 9.96. The van der Waals surface area contributed by atoms with Gasteiger partial charge in [0.05, 0.1) is 18.4 Å². The number of pyridine rings is 1. The normalized spacial score (nSPS) is 20.7. The zero-order valence-corrected chi connectivity index (χ0v) is 13.4. The highest BCUT2D eigenvalue weighted by Gasteiger charge is 2.53. The van der Waals surface area contributed by atoms with Gasteiger partial charge in [-0.2, -0.15) is 13.2 Å². The number of carboxylic acid groups (broad SMARTS) is 1. The highest BCUT2D eigenvalue weighted by atomic mass is 19.4. The lowest BCUT2D eigenvalue weighted by molar-refractivity contribution is -0.188. The molecule has 1 N–H and O–H groups in total. The maximum Gasteiger partial charge on any atom is 0.394 e. The van der Waals surface area contributed by atoms with Crippen LogP contribution in [0.1, 0.15) is 6.42 Å². The van der Waals surface area contributed by atoms with E-state index >= 15 is 0 Å². The number of aliphatic carboxylic acids is 1. The van der Waals surface area contributed by atoms with Gasteiger partial charge >= 0.3 is 17.8 Å². The van der Waals surface area contributed by atoms with Crippen molar-refractivity contribution in [2.45, 2.75) is 19.1 Å². The van der Waals surface area contributed by atoms with Gasteiger partial charge in [-0.05, 0) is 12.1 Å². The number of amides is 1. The van der Waals surface area contributed by atoms with Gasteiger partial charge in [0.15, 0.2) is 5.65 Å². The van der Waals surface area contributed by atoms with Crippen molar-refractivity contribution in [1.82, 2.24) is 19.1 Å². The van der Waals surface area contributed by atoms with Gasteiger partial charge in [0, 0.05) is 25.7 Å². The van der Waals surface area contributed by atoms with Crippen molar-refractivity contribution >= 4 is 17.5 Å². The lowest BCUT2D eigenvalue weighted by Gasteiger charge is -2.18. The number of hydrogen-bond donors (Lipinski definition) is 1. The smallest absolute Gasteiger partial charge is 0.394 e. The van der Waals surface area contributed by atoms with E-state index in [0.717, 1.165) is 9.58 Å². The van der Waals surface area contributed by atoms with Crippen LogP contribution in [0.2, 0.25) is 0 Å². The summed E-state index contributed by atoms with van der Waals surface area (Å²) in [5.41, 5.74) is -0.0828. The number of aromatic nitrogens is 3. The summed E-state index contributed by atoms with van der Waals surface area (Å²) >= 11 is 0. The molecule has 0 bridgehead atoms. The van der Waals surface area contributed by atoms with Crippen LogP contribution < -0.4 is 5.69 Å². The fraction of sp³-hybridized carbons (Fsp3) is 0.467. The molecule has 0 aliphatic carbocycles. The van der Waals surface area contributed by atoms with Crippen LogP contribution >= 0.6 is 0 Å². The fourth-order valence-corrected chi connectivity index (χ4v) is 3.06. The van der Waals surface area contributed by atoms with E-state index in [2.05, 4.69) is 5.10 Å². The topological polar surface area (TPSA) is 96.9 Å². The Morgan fingerprint density at radius 1 is 1.27 bits per heavy atom. The third-order valence-electron chi connectivity index (χ3n) is 4.44. The molecule has 0 spiro atoms. The third-order valence-corrected chi connectivity index (χ3v) is 4.44. The van der Waals surface area contributed by atoms with E-state index < -0.39 is 48.7 Å². The van der Waals surface area contributed by atoms with Crippen molar-refractivity contribution in [2.24, 2.45) is 11.8 Å². The van der Waals surface area contributed by atoms with Crippen LogP contribution in [-0.2, 0) is 16.1 Å². The molecule has 8 nitrogen and oxygen atoms in total. The van der Waals surface area contributed by atoms with Gasteiger partial charge in [-0.25, -0.2) is 9.48 Å². The van der Waals surface area contributed by atoms with Crippen LogP contribution in [0.4, 0.5) is 13.2 Å². The van der Waals surface area contributed by atoms with Crippen molar-refractivity contribution < 1.29 is 27.9 Å². The minimum Gasteiger partial charge on any atom is -0.481 e. The Hall–Kier alpha value is -2.85. The number of carboxylic acids is 1. The molecule has 2 aromatic heterocycles. The van der Waals surface area contributed by atoms with E-state index in [1.54, 1.807) is 18.2 Å². The van der Waals surface area contributed by atoms with E-state index in [4.69, 9.17) is 5.11 Å². The molecule has 2 aromatic rings. The van der Waals surface area contributed by atoms with Crippen LogP contribution in [0.25, 0.3) is 5.65 Å². The standard InChI is InChI=1S/C15H15F3N4O4/c16-15(17,18)10-8-20(7-9(10)13(24)25)12(23)4-6-22-14(26)21-5-2-1-3-11(21)19-22/h1-3,5,9-10H,4,6-8H2,(H,24,25)/t9-,10-/m1/s1. The van der Waals surface area contributed by atoms with Gasteiger partial charge in [-0.3, -0.25) is 14.0 Å².